The average Bonchev–Trinajstić information content (AvgIpc) is 2.18. The van der Waals surface area contributed by atoms with Crippen LogP contribution in [-0.4, -0.2) is 32.4 Å². The first-order chi connectivity index (χ1) is 6.27. The van der Waals surface area contributed by atoms with E-state index in [1.54, 1.807) is 0 Å². The molecule has 0 unspecified atom stereocenters. The third-order valence-electron chi connectivity index (χ3n) is 2.03. The molecule has 0 amide bonds. The molecule has 3 nitrogen and oxygen atoms in total. The molecule has 0 saturated carbocycles. The first-order valence-corrected chi connectivity index (χ1v) is 4.37. The van der Waals surface area contributed by atoms with Crippen LogP contribution in [0, 0.1) is 0 Å². The fourth-order valence-electron chi connectivity index (χ4n) is 1.16. The van der Waals surface area contributed by atoms with Crippen LogP contribution in [0.2, 0.25) is 0 Å². The molecule has 0 aromatic heterocycles. The SMILES string of the molecule is CNc1ccc(N(C)CCO)cc1. The van der Waals surface area contributed by atoms with Crippen molar-refractivity contribution >= 4 is 11.4 Å². The number of anilines is 2. The minimum absolute atomic E-state index is 0.185. The maximum Gasteiger partial charge on any atom is 0.0606 e. The molecule has 0 saturated heterocycles. The lowest BCUT2D eigenvalue weighted by Crippen LogP contribution is -2.20. The van der Waals surface area contributed by atoms with E-state index in [9.17, 15) is 0 Å². The van der Waals surface area contributed by atoms with Crippen LogP contribution < -0.4 is 10.2 Å². The van der Waals surface area contributed by atoms with E-state index in [4.69, 9.17) is 5.11 Å². The summed E-state index contributed by atoms with van der Waals surface area (Å²) in [5.74, 6) is 0. The van der Waals surface area contributed by atoms with Gasteiger partial charge in [0.2, 0.25) is 0 Å². The Morgan fingerprint density at radius 2 is 1.92 bits per heavy atom. The van der Waals surface area contributed by atoms with E-state index in [2.05, 4.69) is 5.32 Å². The summed E-state index contributed by atoms with van der Waals surface area (Å²) >= 11 is 0. The Morgan fingerprint density at radius 3 is 2.38 bits per heavy atom. The van der Waals surface area contributed by atoms with E-state index in [0.29, 0.717) is 6.54 Å². The van der Waals surface area contributed by atoms with Gasteiger partial charge in [-0.3, -0.25) is 0 Å². The maximum absolute atomic E-state index is 8.74. The first kappa shape index (κ1) is 9.86. The number of hydrogen-bond donors (Lipinski definition) is 2. The number of nitrogens with zero attached hydrogens (tertiary/aromatic N) is 1. The molecule has 13 heavy (non-hydrogen) atoms. The highest BCUT2D eigenvalue weighted by molar-refractivity contribution is 5.54. The largest absolute Gasteiger partial charge is 0.395 e. The molecule has 0 aliphatic carbocycles. The smallest absolute Gasteiger partial charge is 0.0606 e. The molecule has 72 valence electrons. The number of rotatable bonds is 4. The molecular weight excluding hydrogens is 164 g/mol. The monoisotopic (exact) mass is 180 g/mol. The predicted molar refractivity (Wildman–Crippen MR) is 56.3 cm³/mol. The molecular formula is C10H16N2O. The standard InChI is InChI=1S/C10H16N2O/c1-11-9-3-5-10(6-4-9)12(2)7-8-13/h3-6,11,13H,7-8H2,1-2H3. The highest BCUT2D eigenvalue weighted by Gasteiger charge is 1.98. The van der Waals surface area contributed by atoms with Gasteiger partial charge in [-0.05, 0) is 24.3 Å². The van der Waals surface area contributed by atoms with E-state index >= 15 is 0 Å². The zero-order chi connectivity index (χ0) is 9.68. The van der Waals surface area contributed by atoms with Gasteiger partial charge in [-0.25, -0.2) is 0 Å². The third kappa shape index (κ3) is 2.63. The van der Waals surface area contributed by atoms with Crippen molar-refractivity contribution in [1.29, 1.82) is 0 Å². The molecule has 0 bridgehead atoms. The molecule has 0 spiro atoms. The molecule has 0 aliphatic rings. The second-order valence-corrected chi connectivity index (χ2v) is 2.94. The Bertz CT molecular complexity index is 246. The van der Waals surface area contributed by atoms with Crippen LogP contribution >= 0.6 is 0 Å². The molecule has 1 aromatic carbocycles. The van der Waals surface area contributed by atoms with E-state index in [-0.39, 0.29) is 6.61 Å². The highest BCUT2D eigenvalue weighted by Crippen LogP contribution is 2.15. The van der Waals surface area contributed by atoms with Gasteiger partial charge >= 0.3 is 0 Å². The molecule has 0 radical (unpaired) electrons. The molecule has 0 heterocycles. The second kappa shape index (κ2) is 4.72. The van der Waals surface area contributed by atoms with Crippen molar-refractivity contribution in [1.82, 2.24) is 0 Å². The van der Waals surface area contributed by atoms with Crippen molar-refractivity contribution in [3.63, 3.8) is 0 Å². The number of hydrogen-bond acceptors (Lipinski definition) is 3. The summed E-state index contributed by atoms with van der Waals surface area (Å²) in [6.45, 7) is 0.850. The van der Waals surface area contributed by atoms with Crippen molar-refractivity contribution in [3.8, 4) is 0 Å². The van der Waals surface area contributed by atoms with Crippen molar-refractivity contribution in [2.75, 3.05) is 37.5 Å². The predicted octanol–water partition coefficient (Wildman–Crippen LogP) is 1.16. The maximum atomic E-state index is 8.74. The van der Waals surface area contributed by atoms with E-state index in [0.717, 1.165) is 11.4 Å². The second-order valence-electron chi connectivity index (χ2n) is 2.94. The van der Waals surface area contributed by atoms with Crippen LogP contribution in [-0.2, 0) is 0 Å². The van der Waals surface area contributed by atoms with Crippen LogP contribution in [0.5, 0.6) is 0 Å². The summed E-state index contributed by atoms with van der Waals surface area (Å²) in [6, 6.07) is 8.09. The summed E-state index contributed by atoms with van der Waals surface area (Å²) in [4.78, 5) is 2.01. The van der Waals surface area contributed by atoms with Crippen LogP contribution in [0.15, 0.2) is 24.3 Å². The van der Waals surface area contributed by atoms with Gasteiger partial charge in [-0.1, -0.05) is 0 Å². The van der Waals surface area contributed by atoms with E-state index < -0.39 is 0 Å². The van der Waals surface area contributed by atoms with Gasteiger partial charge in [0.15, 0.2) is 0 Å². The first-order valence-electron chi connectivity index (χ1n) is 4.37. The Balaban J connectivity index is 2.67. The summed E-state index contributed by atoms with van der Waals surface area (Å²) in [5.41, 5.74) is 2.22. The highest BCUT2D eigenvalue weighted by atomic mass is 16.3. The molecule has 0 aliphatic heterocycles. The lowest BCUT2D eigenvalue weighted by Gasteiger charge is -2.17. The van der Waals surface area contributed by atoms with E-state index in [1.807, 2.05) is 43.3 Å². The Kier molecular flexibility index (Phi) is 3.58. The van der Waals surface area contributed by atoms with Crippen LogP contribution in [0.3, 0.4) is 0 Å². The van der Waals surface area contributed by atoms with Gasteiger partial charge in [0.05, 0.1) is 6.61 Å². The summed E-state index contributed by atoms with van der Waals surface area (Å²) in [6.07, 6.45) is 0. The van der Waals surface area contributed by atoms with Crippen molar-refractivity contribution in [3.05, 3.63) is 24.3 Å². The minimum atomic E-state index is 0.185. The number of nitrogens with one attached hydrogen (secondary N) is 1. The van der Waals surface area contributed by atoms with E-state index in [1.165, 1.54) is 0 Å². The zero-order valence-corrected chi connectivity index (χ0v) is 8.12. The van der Waals surface area contributed by atoms with Gasteiger partial charge < -0.3 is 15.3 Å². The quantitative estimate of drug-likeness (QED) is 0.729. The van der Waals surface area contributed by atoms with Crippen molar-refractivity contribution in [2.45, 2.75) is 0 Å². The summed E-state index contributed by atoms with van der Waals surface area (Å²) < 4.78 is 0. The summed E-state index contributed by atoms with van der Waals surface area (Å²) in [5, 5.41) is 11.8. The van der Waals surface area contributed by atoms with Gasteiger partial charge in [0.1, 0.15) is 0 Å². The van der Waals surface area contributed by atoms with Gasteiger partial charge in [-0.15, -0.1) is 0 Å². The lowest BCUT2D eigenvalue weighted by atomic mass is 10.2. The average molecular weight is 180 g/mol. The fourth-order valence-corrected chi connectivity index (χ4v) is 1.16. The Hall–Kier alpha value is -1.22. The third-order valence-corrected chi connectivity index (χ3v) is 2.03. The van der Waals surface area contributed by atoms with Crippen LogP contribution in [0.4, 0.5) is 11.4 Å². The number of likely N-dealkylation sites (N-methyl/N-ethyl adjacent to an activating group) is 1. The number of aliphatic hydroxyl groups is 1. The fraction of sp³-hybridized carbons (Fsp3) is 0.400. The van der Waals surface area contributed by atoms with Gasteiger partial charge in [0, 0.05) is 32.0 Å². The van der Waals surface area contributed by atoms with Gasteiger partial charge in [-0.2, -0.15) is 0 Å². The molecule has 2 N–H and O–H groups in total. The molecule has 3 heteroatoms. The van der Waals surface area contributed by atoms with Gasteiger partial charge in [0.25, 0.3) is 0 Å². The van der Waals surface area contributed by atoms with Crippen molar-refractivity contribution in [2.24, 2.45) is 0 Å². The molecule has 1 rings (SSSR count). The Morgan fingerprint density at radius 1 is 1.31 bits per heavy atom. The number of benzene rings is 1. The van der Waals surface area contributed by atoms with Crippen LogP contribution in [0.25, 0.3) is 0 Å². The van der Waals surface area contributed by atoms with Crippen LogP contribution in [0.1, 0.15) is 0 Å². The lowest BCUT2D eigenvalue weighted by molar-refractivity contribution is 0.304. The summed E-state index contributed by atoms with van der Waals surface area (Å²) in [7, 11) is 3.86. The normalized spacial score (nSPS) is 9.77. The molecule has 1 aromatic rings. The van der Waals surface area contributed by atoms with Crippen molar-refractivity contribution < 1.29 is 5.11 Å². The number of aliphatic hydroxyl groups excluding tert-OH is 1. The topological polar surface area (TPSA) is 35.5 Å². The molecule has 0 fully saturated rings. The zero-order valence-electron chi connectivity index (χ0n) is 8.12. The molecule has 0 atom stereocenters. The Labute approximate surface area is 79.0 Å². The minimum Gasteiger partial charge on any atom is -0.395 e.